The summed E-state index contributed by atoms with van der Waals surface area (Å²) < 4.78 is 1.46. The lowest BCUT2D eigenvalue weighted by molar-refractivity contribution is 0.0696. The number of anilines is 1. The molecule has 5 nitrogen and oxygen atoms in total. The van der Waals surface area contributed by atoms with Gasteiger partial charge in [0.2, 0.25) is 0 Å². The first-order valence-electron chi connectivity index (χ1n) is 4.77. The number of rotatable bonds is 1. The monoisotopic (exact) mass is 208 g/mol. The number of carboxylic acids is 1. The fourth-order valence-electron chi connectivity index (χ4n) is 2.18. The van der Waals surface area contributed by atoms with Crippen molar-refractivity contribution in [2.24, 2.45) is 7.05 Å². The molecule has 1 aromatic rings. The minimum atomic E-state index is -1.11. The lowest BCUT2D eigenvalue weighted by Crippen LogP contribution is -2.27. The van der Waals surface area contributed by atoms with Crippen molar-refractivity contribution in [1.82, 2.24) is 4.57 Å². The number of aromatic nitrogens is 1. The number of nitrogens with two attached hydrogens (primary N) is 1. The van der Waals surface area contributed by atoms with E-state index in [0.717, 1.165) is 24.1 Å². The van der Waals surface area contributed by atoms with Crippen molar-refractivity contribution in [2.75, 3.05) is 5.73 Å². The fourth-order valence-corrected chi connectivity index (χ4v) is 2.18. The molecule has 0 bridgehead atoms. The molecule has 1 aliphatic carbocycles. The Morgan fingerprint density at radius 1 is 1.47 bits per heavy atom. The predicted molar refractivity (Wildman–Crippen MR) is 55.1 cm³/mol. The first-order valence-corrected chi connectivity index (χ1v) is 4.77. The lowest BCUT2D eigenvalue weighted by Gasteiger charge is -2.11. The highest BCUT2D eigenvalue weighted by Gasteiger charge is 2.25. The molecule has 80 valence electrons. The van der Waals surface area contributed by atoms with E-state index in [1.54, 1.807) is 7.05 Å². The third kappa shape index (κ3) is 1.23. The van der Waals surface area contributed by atoms with Crippen LogP contribution in [0.4, 0.5) is 5.69 Å². The van der Waals surface area contributed by atoms with E-state index >= 15 is 0 Å². The predicted octanol–water partition coefficient (Wildman–Crippen LogP) is 0.154. The van der Waals surface area contributed by atoms with Crippen molar-refractivity contribution in [3.63, 3.8) is 0 Å². The molecule has 5 heteroatoms. The van der Waals surface area contributed by atoms with Gasteiger partial charge in [-0.3, -0.25) is 4.79 Å². The SMILES string of the molecule is Cn1c2c(c(C(=O)O)c(N)c1=O)CCC2. The molecule has 2 rings (SSSR count). The van der Waals surface area contributed by atoms with Crippen LogP contribution in [0.15, 0.2) is 4.79 Å². The molecule has 0 aromatic carbocycles. The van der Waals surface area contributed by atoms with Gasteiger partial charge in [-0.05, 0) is 24.8 Å². The molecular weight excluding hydrogens is 196 g/mol. The van der Waals surface area contributed by atoms with Crippen molar-refractivity contribution in [1.29, 1.82) is 0 Å². The van der Waals surface area contributed by atoms with Crippen LogP contribution in [-0.4, -0.2) is 15.6 Å². The second-order valence-corrected chi connectivity index (χ2v) is 3.74. The molecule has 3 N–H and O–H groups in total. The number of nitrogens with zero attached hydrogens (tertiary/aromatic N) is 1. The van der Waals surface area contributed by atoms with E-state index in [2.05, 4.69) is 0 Å². The van der Waals surface area contributed by atoms with E-state index in [1.807, 2.05) is 0 Å². The van der Waals surface area contributed by atoms with Crippen LogP contribution in [-0.2, 0) is 19.9 Å². The number of carbonyl (C=O) groups is 1. The van der Waals surface area contributed by atoms with E-state index in [9.17, 15) is 9.59 Å². The summed E-state index contributed by atoms with van der Waals surface area (Å²) in [6.45, 7) is 0. The summed E-state index contributed by atoms with van der Waals surface area (Å²) in [5.41, 5.74) is 6.53. The molecule has 0 saturated carbocycles. The summed E-state index contributed by atoms with van der Waals surface area (Å²) in [7, 11) is 1.63. The van der Waals surface area contributed by atoms with Crippen molar-refractivity contribution >= 4 is 11.7 Å². The molecule has 0 unspecified atom stereocenters. The number of nitrogen functional groups attached to an aromatic ring is 1. The van der Waals surface area contributed by atoms with E-state index in [0.29, 0.717) is 6.42 Å². The second-order valence-electron chi connectivity index (χ2n) is 3.74. The van der Waals surface area contributed by atoms with Gasteiger partial charge in [-0.2, -0.15) is 0 Å². The van der Waals surface area contributed by atoms with Gasteiger partial charge in [0.25, 0.3) is 5.56 Å². The van der Waals surface area contributed by atoms with Crippen LogP contribution in [0.1, 0.15) is 28.0 Å². The van der Waals surface area contributed by atoms with Crippen molar-refractivity contribution in [3.05, 3.63) is 27.2 Å². The average Bonchev–Trinajstić information content (AvgIpc) is 2.62. The smallest absolute Gasteiger partial charge is 0.338 e. The van der Waals surface area contributed by atoms with Gasteiger partial charge in [0.15, 0.2) is 0 Å². The van der Waals surface area contributed by atoms with Crippen LogP contribution in [0, 0.1) is 0 Å². The molecule has 0 amide bonds. The number of hydrogen-bond donors (Lipinski definition) is 2. The largest absolute Gasteiger partial charge is 0.478 e. The van der Waals surface area contributed by atoms with Gasteiger partial charge in [-0.1, -0.05) is 0 Å². The molecule has 1 aromatic heterocycles. The van der Waals surface area contributed by atoms with Gasteiger partial charge >= 0.3 is 5.97 Å². The second kappa shape index (κ2) is 3.12. The summed E-state index contributed by atoms with van der Waals surface area (Å²) in [5.74, 6) is -1.11. The first kappa shape index (κ1) is 9.76. The topological polar surface area (TPSA) is 85.3 Å². The van der Waals surface area contributed by atoms with E-state index < -0.39 is 11.5 Å². The number of carboxylic acid groups (broad SMARTS) is 1. The zero-order valence-corrected chi connectivity index (χ0v) is 8.41. The Morgan fingerprint density at radius 3 is 2.73 bits per heavy atom. The third-order valence-electron chi connectivity index (χ3n) is 2.91. The maximum Gasteiger partial charge on any atom is 0.338 e. The number of fused-ring (bicyclic) bond motifs is 1. The maximum atomic E-state index is 11.6. The zero-order valence-electron chi connectivity index (χ0n) is 8.41. The summed E-state index contributed by atoms with van der Waals surface area (Å²) in [6.07, 6.45) is 2.32. The van der Waals surface area contributed by atoms with Crippen LogP contribution in [0.2, 0.25) is 0 Å². The maximum absolute atomic E-state index is 11.6. The van der Waals surface area contributed by atoms with Gasteiger partial charge < -0.3 is 15.4 Å². The molecule has 0 aliphatic heterocycles. The Bertz CT molecular complexity index is 502. The summed E-state index contributed by atoms with van der Waals surface area (Å²) in [5, 5.41) is 9.02. The van der Waals surface area contributed by atoms with Crippen LogP contribution in [0.5, 0.6) is 0 Å². The van der Waals surface area contributed by atoms with Crippen LogP contribution in [0.25, 0.3) is 0 Å². The molecule has 1 heterocycles. The van der Waals surface area contributed by atoms with Gasteiger partial charge in [0.1, 0.15) is 5.69 Å². The molecule has 0 atom stereocenters. The van der Waals surface area contributed by atoms with Gasteiger partial charge in [0, 0.05) is 12.7 Å². The molecule has 0 radical (unpaired) electrons. The standard InChI is InChI=1S/C10H12N2O3/c1-12-6-4-2-3-5(6)7(10(14)15)8(11)9(12)13/h2-4,11H2,1H3,(H,14,15). The van der Waals surface area contributed by atoms with E-state index in [-0.39, 0.29) is 11.3 Å². The third-order valence-corrected chi connectivity index (χ3v) is 2.91. The van der Waals surface area contributed by atoms with E-state index in [4.69, 9.17) is 10.8 Å². The number of aromatic carboxylic acids is 1. The van der Waals surface area contributed by atoms with Crippen LogP contribution >= 0.6 is 0 Å². The molecular formula is C10H12N2O3. The van der Waals surface area contributed by atoms with Crippen LogP contribution < -0.4 is 11.3 Å². The van der Waals surface area contributed by atoms with Gasteiger partial charge in [0.05, 0.1) is 5.56 Å². The average molecular weight is 208 g/mol. The Hall–Kier alpha value is -1.78. The molecule has 15 heavy (non-hydrogen) atoms. The van der Waals surface area contributed by atoms with Crippen molar-refractivity contribution < 1.29 is 9.90 Å². The Kier molecular flexibility index (Phi) is 2.03. The fraction of sp³-hybridized carbons (Fsp3) is 0.400. The first-order chi connectivity index (χ1) is 7.04. The number of pyridine rings is 1. The summed E-state index contributed by atoms with van der Waals surface area (Å²) in [4.78, 5) is 22.6. The highest BCUT2D eigenvalue weighted by Crippen LogP contribution is 2.26. The highest BCUT2D eigenvalue weighted by molar-refractivity contribution is 5.95. The summed E-state index contributed by atoms with van der Waals surface area (Å²) in [6, 6.07) is 0. The van der Waals surface area contributed by atoms with Crippen molar-refractivity contribution in [2.45, 2.75) is 19.3 Å². The van der Waals surface area contributed by atoms with Gasteiger partial charge in [-0.15, -0.1) is 0 Å². The minimum absolute atomic E-state index is 0.00519. The normalized spacial score (nSPS) is 13.9. The Balaban J connectivity index is 2.87. The van der Waals surface area contributed by atoms with Crippen molar-refractivity contribution in [3.8, 4) is 0 Å². The Morgan fingerprint density at radius 2 is 2.13 bits per heavy atom. The zero-order chi connectivity index (χ0) is 11.2. The molecule has 1 aliphatic rings. The highest BCUT2D eigenvalue weighted by atomic mass is 16.4. The van der Waals surface area contributed by atoms with E-state index in [1.165, 1.54) is 4.57 Å². The Labute approximate surface area is 86.1 Å². The molecule has 0 fully saturated rings. The number of hydrogen-bond acceptors (Lipinski definition) is 3. The quantitative estimate of drug-likeness (QED) is 0.688. The lowest BCUT2D eigenvalue weighted by atomic mass is 10.1. The minimum Gasteiger partial charge on any atom is -0.478 e. The van der Waals surface area contributed by atoms with Gasteiger partial charge in [-0.25, -0.2) is 4.79 Å². The molecule has 0 saturated heterocycles. The summed E-state index contributed by atoms with van der Waals surface area (Å²) >= 11 is 0. The molecule has 0 spiro atoms. The van der Waals surface area contributed by atoms with Crippen LogP contribution in [0.3, 0.4) is 0 Å².